The van der Waals surface area contributed by atoms with Crippen molar-refractivity contribution in [3.8, 4) is 0 Å². The molecule has 0 aromatic carbocycles. The average molecular weight is 225 g/mol. The molecule has 2 unspecified atom stereocenters. The van der Waals surface area contributed by atoms with Crippen LogP contribution in [0.1, 0.15) is 26.7 Å². The van der Waals surface area contributed by atoms with Gasteiger partial charge in [-0.25, -0.2) is 4.79 Å². The fourth-order valence-corrected chi connectivity index (χ4v) is 2.26. The van der Waals surface area contributed by atoms with E-state index in [9.17, 15) is 9.59 Å². The predicted octanol–water partition coefficient (Wildman–Crippen LogP) is 0.316. The summed E-state index contributed by atoms with van der Waals surface area (Å²) in [5.41, 5.74) is -0.648. The van der Waals surface area contributed by atoms with E-state index in [-0.39, 0.29) is 11.9 Å². The molecule has 16 heavy (non-hydrogen) atoms. The van der Waals surface area contributed by atoms with E-state index in [1.54, 1.807) is 0 Å². The Balaban J connectivity index is 2.10. The molecule has 5 heteroatoms. The molecular weight excluding hydrogens is 206 g/mol. The molecule has 2 N–H and O–H groups in total. The zero-order valence-corrected chi connectivity index (χ0v) is 9.88. The van der Waals surface area contributed by atoms with Crippen LogP contribution in [-0.4, -0.2) is 42.0 Å². The molecule has 0 aliphatic carbocycles. The first-order chi connectivity index (χ1) is 7.59. The third-order valence-corrected chi connectivity index (χ3v) is 3.59. The Bertz CT molecular complexity index is 310. The van der Waals surface area contributed by atoms with Gasteiger partial charge >= 0.3 is 6.03 Å². The summed E-state index contributed by atoms with van der Waals surface area (Å²) in [6, 6.07) is -0.228. The summed E-state index contributed by atoms with van der Waals surface area (Å²) in [7, 11) is 0. The topological polar surface area (TPSA) is 61.4 Å². The van der Waals surface area contributed by atoms with Gasteiger partial charge in [0.25, 0.3) is 5.91 Å². The maximum absolute atomic E-state index is 12.2. The lowest BCUT2D eigenvalue weighted by Gasteiger charge is -2.20. The first-order valence-electron chi connectivity index (χ1n) is 5.94. The van der Waals surface area contributed by atoms with Crippen molar-refractivity contribution in [1.29, 1.82) is 0 Å². The second-order valence-corrected chi connectivity index (χ2v) is 4.87. The minimum Gasteiger partial charge on any atom is -0.322 e. The highest BCUT2D eigenvalue weighted by atomic mass is 16.2. The Kier molecular flexibility index (Phi) is 2.88. The highest BCUT2D eigenvalue weighted by molar-refractivity contribution is 6.07. The molecule has 2 saturated heterocycles. The summed E-state index contributed by atoms with van der Waals surface area (Å²) in [6.45, 7) is 6.01. The summed E-state index contributed by atoms with van der Waals surface area (Å²) in [5.74, 6) is 0.307. The monoisotopic (exact) mass is 225 g/mol. The molecule has 2 aliphatic rings. The van der Waals surface area contributed by atoms with Crippen molar-refractivity contribution < 1.29 is 9.59 Å². The summed E-state index contributed by atoms with van der Waals surface area (Å²) >= 11 is 0. The Labute approximate surface area is 95.6 Å². The first kappa shape index (κ1) is 11.4. The van der Waals surface area contributed by atoms with Crippen LogP contribution in [0, 0.1) is 5.92 Å². The van der Waals surface area contributed by atoms with E-state index in [2.05, 4.69) is 24.5 Å². The van der Waals surface area contributed by atoms with Crippen LogP contribution < -0.4 is 10.6 Å². The molecule has 2 aliphatic heterocycles. The van der Waals surface area contributed by atoms with Gasteiger partial charge in [-0.05, 0) is 18.9 Å². The maximum atomic E-state index is 12.2. The van der Waals surface area contributed by atoms with Crippen molar-refractivity contribution >= 4 is 11.9 Å². The number of carbonyl (C=O) groups is 2. The first-order valence-corrected chi connectivity index (χ1v) is 5.94. The Morgan fingerprint density at radius 2 is 2.25 bits per heavy atom. The van der Waals surface area contributed by atoms with Crippen LogP contribution in [0.25, 0.3) is 0 Å². The zero-order valence-electron chi connectivity index (χ0n) is 9.88. The van der Waals surface area contributed by atoms with E-state index in [0.717, 1.165) is 13.0 Å². The van der Waals surface area contributed by atoms with Crippen LogP contribution in [-0.2, 0) is 4.79 Å². The lowest BCUT2D eigenvalue weighted by Crippen LogP contribution is -2.48. The second-order valence-electron chi connectivity index (χ2n) is 4.87. The van der Waals surface area contributed by atoms with E-state index in [1.807, 2.05) is 0 Å². The molecule has 5 nitrogen and oxygen atoms in total. The smallest absolute Gasteiger partial charge is 0.322 e. The number of nitrogens with zero attached hydrogens (tertiary/aromatic N) is 1. The Hall–Kier alpha value is -1.10. The van der Waals surface area contributed by atoms with E-state index < -0.39 is 5.54 Å². The van der Waals surface area contributed by atoms with E-state index in [4.69, 9.17) is 0 Å². The Morgan fingerprint density at radius 1 is 1.50 bits per heavy atom. The molecule has 2 atom stereocenters. The minimum atomic E-state index is -0.648. The maximum Gasteiger partial charge on any atom is 0.325 e. The Morgan fingerprint density at radius 3 is 2.81 bits per heavy atom. The molecule has 0 aromatic rings. The molecule has 0 radical (unpaired) electrons. The largest absolute Gasteiger partial charge is 0.325 e. The van der Waals surface area contributed by atoms with Crippen LogP contribution in [0.4, 0.5) is 4.79 Å². The molecule has 90 valence electrons. The standard InChI is InChI=1S/C11H19N3O2/c1-3-8(2)6-14-9(15)11(13-10(14)16)4-5-12-7-11/h8,12H,3-7H2,1-2H3,(H,13,16). The highest BCUT2D eigenvalue weighted by Crippen LogP contribution is 2.25. The number of hydrogen-bond donors (Lipinski definition) is 2. The molecule has 0 saturated carbocycles. The van der Waals surface area contributed by atoms with Crippen molar-refractivity contribution in [2.75, 3.05) is 19.6 Å². The van der Waals surface area contributed by atoms with Gasteiger partial charge in [0.1, 0.15) is 5.54 Å². The fraction of sp³-hybridized carbons (Fsp3) is 0.818. The second kappa shape index (κ2) is 4.05. The minimum absolute atomic E-state index is 0.0530. The number of nitrogens with one attached hydrogen (secondary N) is 2. The summed E-state index contributed by atoms with van der Waals surface area (Å²) in [6.07, 6.45) is 1.68. The van der Waals surface area contributed by atoms with Gasteiger partial charge in [-0.3, -0.25) is 9.69 Å². The van der Waals surface area contributed by atoms with Crippen LogP contribution in [0.5, 0.6) is 0 Å². The number of carbonyl (C=O) groups excluding carboxylic acids is 2. The molecule has 0 aromatic heterocycles. The van der Waals surface area contributed by atoms with E-state index in [0.29, 0.717) is 25.4 Å². The van der Waals surface area contributed by atoms with Gasteiger partial charge in [-0.15, -0.1) is 0 Å². The van der Waals surface area contributed by atoms with Gasteiger partial charge in [0, 0.05) is 13.1 Å². The summed E-state index contributed by atoms with van der Waals surface area (Å²) in [5, 5.41) is 5.97. The van der Waals surface area contributed by atoms with Gasteiger partial charge in [0.05, 0.1) is 0 Å². The highest BCUT2D eigenvalue weighted by Gasteiger charge is 2.52. The summed E-state index contributed by atoms with van der Waals surface area (Å²) < 4.78 is 0. The molecular formula is C11H19N3O2. The molecule has 2 fully saturated rings. The fourth-order valence-electron chi connectivity index (χ4n) is 2.26. The molecule has 1 spiro atoms. The van der Waals surface area contributed by atoms with Crippen molar-refractivity contribution in [1.82, 2.24) is 15.5 Å². The van der Waals surface area contributed by atoms with Gasteiger partial charge in [-0.1, -0.05) is 20.3 Å². The van der Waals surface area contributed by atoms with E-state index in [1.165, 1.54) is 4.90 Å². The van der Waals surface area contributed by atoms with Crippen LogP contribution >= 0.6 is 0 Å². The van der Waals surface area contributed by atoms with Crippen molar-refractivity contribution in [3.05, 3.63) is 0 Å². The molecule has 2 heterocycles. The molecule has 2 rings (SSSR count). The van der Waals surface area contributed by atoms with Crippen molar-refractivity contribution in [3.63, 3.8) is 0 Å². The number of amides is 3. The SMILES string of the molecule is CCC(C)CN1C(=O)NC2(CCNC2)C1=O. The molecule has 0 bridgehead atoms. The van der Waals surface area contributed by atoms with Crippen LogP contribution in [0.15, 0.2) is 0 Å². The van der Waals surface area contributed by atoms with E-state index >= 15 is 0 Å². The normalized spacial score (nSPS) is 31.2. The van der Waals surface area contributed by atoms with Gasteiger partial charge in [-0.2, -0.15) is 0 Å². The predicted molar refractivity (Wildman–Crippen MR) is 59.9 cm³/mol. The zero-order chi connectivity index (χ0) is 11.8. The third-order valence-electron chi connectivity index (χ3n) is 3.59. The summed E-state index contributed by atoms with van der Waals surface area (Å²) in [4.78, 5) is 25.3. The van der Waals surface area contributed by atoms with Crippen LogP contribution in [0.3, 0.4) is 0 Å². The quantitative estimate of drug-likeness (QED) is 0.680. The van der Waals surface area contributed by atoms with Crippen LogP contribution in [0.2, 0.25) is 0 Å². The van der Waals surface area contributed by atoms with Crippen molar-refractivity contribution in [2.24, 2.45) is 5.92 Å². The third kappa shape index (κ3) is 1.69. The van der Waals surface area contributed by atoms with Gasteiger partial charge in [0.15, 0.2) is 0 Å². The van der Waals surface area contributed by atoms with Crippen molar-refractivity contribution in [2.45, 2.75) is 32.2 Å². The van der Waals surface area contributed by atoms with Gasteiger partial charge < -0.3 is 10.6 Å². The number of urea groups is 1. The van der Waals surface area contributed by atoms with Gasteiger partial charge in [0.2, 0.25) is 0 Å². The lowest BCUT2D eigenvalue weighted by molar-refractivity contribution is -0.131. The number of rotatable bonds is 3. The number of hydrogen-bond acceptors (Lipinski definition) is 3. The average Bonchev–Trinajstić information content (AvgIpc) is 2.81. The number of imide groups is 1. The lowest BCUT2D eigenvalue weighted by atomic mass is 9.98. The molecule has 3 amide bonds.